The van der Waals surface area contributed by atoms with Crippen molar-refractivity contribution in [2.24, 2.45) is 0 Å². The molecule has 290 valence electrons. The van der Waals surface area contributed by atoms with Gasteiger partial charge in [0.2, 0.25) is 7.65 Å². The van der Waals surface area contributed by atoms with Gasteiger partial charge in [-0.25, -0.2) is 0 Å². The third-order valence-corrected chi connectivity index (χ3v) is 74.5. The summed E-state index contributed by atoms with van der Waals surface area (Å²) >= 11 is 4.45. The zero-order valence-corrected chi connectivity index (χ0v) is 47.4. The van der Waals surface area contributed by atoms with Crippen LogP contribution in [0.5, 0.6) is 0 Å². The third-order valence-electron chi connectivity index (χ3n) is 11.1. The molecule has 0 aromatic carbocycles. The van der Waals surface area contributed by atoms with Crippen molar-refractivity contribution in [2.75, 3.05) is 18.6 Å². The van der Waals surface area contributed by atoms with Crippen LogP contribution in [0.15, 0.2) is 0 Å². The molecule has 0 saturated heterocycles. The highest BCUT2D eigenvalue weighted by molar-refractivity contribution is 8.58. The molecule has 18 heteroatoms. The van der Waals surface area contributed by atoms with Crippen LogP contribution >= 0.6 is 54.9 Å². The predicted molar refractivity (Wildman–Crippen MR) is 254 cm³/mol. The molecule has 0 rings (SSSR count). The van der Waals surface area contributed by atoms with E-state index in [0.717, 1.165) is 34.5 Å². The Hall–Kier alpha value is 3.74. The molecule has 4 unspecified atom stereocenters. The van der Waals surface area contributed by atoms with E-state index in [2.05, 4.69) is 150 Å². The van der Waals surface area contributed by atoms with Crippen LogP contribution in [0.25, 0.3) is 0 Å². The number of rotatable bonds is 23. The largest absolute Gasteiger partial charge is 0.431 e. The van der Waals surface area contributed by atoms with Crippen molar-refractivity contribution in [1.82, 2.24) is 0 Å². The molecule has 0 aliphatic rings. The van der Waals surface area contributed by atoms with Gasteiger partial charge in [-0.05, 0) is 98.4 Å². The summed E-state index contributed by atoms with van der Waals surface area (Å²) in [5.74, 6) is 2.36. The van der Waals surface area contributed by atoms with Crippen LogP contribution < -0.4 is 0 Å². The fourth-order valence-corrected chi connectivity index (χ4v) is 81.1. The van der Waals surface area contributed by atoms with Gasteiger partial charge < -0.3 is 23.6 Å². The maximum absolute atomic E-state index is 11.2. The van der Waals surface area contributed by atoms with Gasteiger partial charge in [0.1, 0.15) is 0 Å². The first-order valence-electron chi connectivity index (χ1n) is 17.7. The molecule has 0 radical (unpaired) electrons. The topological polar surface area (TPSA) is 90.2 Å². The Morgan fingerprint density at radius 2 is 0.750 bits per heavy atom. The molecule has 0 aromatic rings. The molecule has 4 N–H and O–H groups in total. The molecule has 0 fully saturated rings. The summed E-state index contributed by atoms with van der Waals surface area (Å²) in [7, 11) is -8.45. The van der Waals surface area contributed by atoms with Crippen molar-refractivity contribution in [3.8, 4) is 0 Å². The van der Waals surface area contributed by atoms with E-state index >= 15 is 0 Å². The van der Waals surface area contributed by atoms with Crippen molar-refractivity contribution < 1.29 is 23.6 Å². The Kier molecular flexibility index (Phi) is 19.8. The minimum atomic E-state index is -2.39. The van der Waals surface area contributed by atoms with E-state index in [1.165, 1.54) is 18.2 Å². The zero-order valence-electron chi connectivity index (χ0n) is 34.8. The molecule has 0 aliphatic carbocycles. The maximum Gasteiger partial charge on any atom is 0.237 e. The molecule has 0 bridgehead atoms. The second-order valence-electron chi connectivity index (χ2n) is 18.9. The summed E-state index contributed by atoms with van der Waals surface area (Å²) in [6, 6.07) is 2.40. The minimum absolute atomic E-state index is 0.00572. The van der Waals surface area contributed by atoms with Crippen LogP contribution in [-0.4, -0.2) is 112 Å². The first kappa shape index (κ1) is 51.7. The molecule has 4 atom stereocenters. The van der Waals surface area contributed by atoms with Gasteiger partial charge in [-0.15, -0.1) is 16.3 Å². The highest BCUT2D eigenvalue weighted by Crippen LogP contribution is 2.61. The van der Waals surface area contributed by atoms with E-state index in [-0.39, 0.29) is 19.1 Å². The molecule has 48 heavy (non-hydrogen) atoms. The molecular formula is C30H80O5P4S2Si7. The van der Waals surface area contributed by atoms with E-state index in [1.807, 2.05) is 7.11 Å². The van der Waals surface area contributed by atoms with Crippen LogP contribution in [0.4, 0.5) is 0 Å². The van der Waals surface area contributed by atoms with Crippen LogP contribution in [0, 0.1) is 0 Å². The highest BCUT2D eigenvalue weighted by Gasteiger charge is 2.52. The van der Waals surface area contributed by atoms with E-state index in [0.29, 0.717) is 16.3 Å². The minimum Gasteiger partial charge on any atom is -0.431 e. The average Bonchev–Trinajstić information content (AvgIpc) is 2.80. The fourth-order valence-electron chi connectivity index (χ4n) is 4.94. The van der Waals surface area contributed by atoms with Gasteiger partial charge in [-0.3, -0.25) is 0 Å². The first-order valence-corrected chi connectivity index (χ1v) is 48.7. The van der Waals surface area contributed by atoms with Crippen LogP contribution in [0.2, 0.25) is 84.1 Å². The van der Waals surface area contributed by atoms with Crippen molar-refractivity contribution in [3.05, 3.63) is 0 Å². The Balaban J connectivity index is 5.65. The predicted octanol–water partition coefficient (Wildman–Crippen LogP) is 10.4. The Bertz CT molecular complexity index is 958. The van der Waals surface area contributed by atoms with Gasteiger partial charge in [0.15, 0.2) is 39.6 Å². The average molecular weight is 906 g/mol. The van der Waals surface area contributed by atoms with Crippen molar-refractivity contribution in [1.29, 1.82) is 0 Å². The van der Waals surface area contributed by atoms with Crippen molar-refractivity contribution in [2.45, 2.75) is 171 Å². The monoisotopic (exact) mass is 904 g/mol. The van der Waals surface area contributed by atoms with Gasteiger partial charge in [-0.1, -0.05) is 91.3 Å². The summed E-state index contributed by atoms with van der Waals surface area (Å²) in [5.41, 5.74) is 0. The van der Waals surface area contributed by atoms with Gasteiger partial charge >= 0.3 is 0 Å². The Morgan fingerprint density at radius 3 is 1.02 bits per heavy atom. The molecule has 0 aromatic heterocycles. The van der Waals surface area contributed by atoms with Crippen molar-refractivity contribution >= 4 is 110 Å². The molecule has 0 saturated carbocycles. The summed E-state index contributed by atoms with van der Waals surface area (Å²) in [6.45, 7) is 42.7. The normalized spacial score (nSPS) is 18.8. The summed E-state index contributed by atoms with van der Waals surface area (Å²) in [6.07, 6.45) is 0.875. The highest BCUT2D eigenvalue weighted by atomic mass is 32.6. The van der Waals surface area contributed by atoms with E-state index in [1.54, 1.807) is 0 Å². The Labute approximate surface area is 320 Å². The first-order chi connectivity index (χ1) is 20.8. The lowest BCUT2D eigenvalue weighted by Gasteiger charge is -2.47. The lowest BCUT2D eigenvalue weighted by Crippen LogP contribution is -2.53. The molecule has 0 aliphatic heterocycles. The molecule has 0 spiro atoms. The lowest BCUT2D eigenvalue weighted by atomic mass is 10.5. The maximum atomic E-state index is 11.2. The quantitative estimate of drug-likeness (QED) is 0.0461. The second-order valence-corrected chi connectivity index (χ2v) is 80.4. The third kappa shape index (κ3) is 16.5. The van der Waals surface area contributed by atoms with Gasteiger partial charge in [0, 0.05) is 16.7 Å². The summed E-state index contributed by atoms with van der Waals surface area (Å²) < 4.78 is 6.41. The van der Waals surface area contributed by atoms with Gasteiger partial charge in [-0.2, -0.15) is 22.4 Å². The van der Waals surface area contributed by atoms with Gasteiger partial charge in [0.25, 0.3) is 0 Å². The summed E-state index contributed by atoms with van der Waals surface area (Å²) in [4.78, 5) is 44.9. The zero-order chi connectivity index (χ0) is 38.7. The Morgan fingerprint density at radius 1 is 0.479 bits per heavy atom. The molecular weight excluding hydrogens is 825 g/mol. The summed E-state index contributed by atoms with van der Waals surface area (Å²) in [5, 5.41) is 0. The second kappa shape index (κ2) is 18.3. The molecule has 0 amide bonds. The smallest absolute Gasteiger partial charge is 0.237 e. The van der Waals surface area contributed by atoms with Crippen LogP contribution in [0.3, 0.4) is 0 Å². The number of hydrogen-bond donors (Lipinski definition) is 4. The van der Waals surface area contributed by atoms with Gasteiger partial charge in [0.05, 0.1) is 7.41 Å². The van der Waals surface area contributed by atoms with E-state index in [4.69, 9.17) is 4.43 Å². The van der Waals surface area contributed by atoms with E-state index in [9.17, 15) is 19.2 Å². The fraction of sp³-hybridized carbons (Fsp3) is 1.00. The van der Waals surface area contributed by atoms with Crippen molar-refractivity contribution in [3.63, 3.8) is 0 Å². The van der Waals surface area contributed by atoms with Crippen LogP contribution in [0.1, 0.15) is 68.2 Å². The standard InChI is InChI=1S/C30H80O5P4S2Si7/c1-27(2,42(10,11)31)36-47(20,37-28(3,4)43(12,13)32)25-21-23-40-46(18,19)41-24-22-26-48(35-9,38-29(5,6)44(14,15)33)39-30(7,8)45(16,17)34/h31-34,36-39H,21-26H2,1-20H3. The number of hydrogen-bond acceptors (Lipinski definition) is 7. The SMILES string of the molecule is CO[Si](CCCS[Si](C)(C)SCCC[Si](C)(PC(C)(C)[Si](C)(C)O)PC(C)(C)[Si](C)(C)O)(PC(C)(C)[Si](C)(C)O)PC(C)(C)[Si](C)(C)O. The van der Waals surface area contributed by atoms with Crippen LogP contribution in [-0.2, 0) is 4.43 Å². The van der Waals surface area contributed by atoms with E-state index < -0.39 is 54.7 Å². The molecule has 5 nitrogen and oxygen atoms in total. The lowest BCUT2D eigenvalue weighted by molar-refractivity contribution is 0.425. The molecule has 0 heterocycles.